The third kappa shape index (κ3) is 3.49. The summed E-state index contributed by atoms with van der Waals surface area (Å²) in [4.78, 5) is 0. The second kappa shape index (κ2) is 5.50. The van der Waals surface area contributed by atoms with Gasteiger partial charge in [-0.25, -0.2) is 8.42 Å². The van der Waals surface area contributed by atoms with Crippen LogP contribution in [0, 0.1) is 0 Å². The monoisotopic (exact) mass is 311 g/mol. The van der Waals surface area contributed by atoms with Gasteiger partial charge in [0, 0.05) is 18.5 Å². The molecule has 21 heavy (non-hydrogen) atoms. The molecule has 116 valence electrons. The zero-order chi connectivity index (χ0) is 14.9. The van der Waals surface area contributed by atoms with E-state index in [9.17, 15) is 8.42 Å². The van der Waals surface area contributed by atoms with Crippen LogP contribution in [0.1, 0.15) is 25.3 Å². The van der Waals surface area contributed by atoms with Crippen molar-refractivity contribution < 1.29 is 17.9 Å². The van der Waals surface area contributed by atoms with Crippen LogP contribution in [-0.2, 0) is 16.4 Å². The summed E-state index contributed by atoms with van der Waals surface area (Å²) < 4.78 is 34.5. The Kier molecular flexibility index (Phi) is 3.84. The molecule has 1 aromatic carbocycles. The SMILES string of the molecule is CC1(NCc2ccc3c(c2)OCCCO3)CCS(=O)(=O)C1. The molecule has 2 aliphatic rings. The quantitative estimate of drug-likeness (QED) is 0.917. The van der Waals surface area contributed by atoms with Gasteiger partial charge < -0.3 is 14.8 Å². The fourth-order valence-corrected chi connectivity index (χ4v) is 4.91. The van der Waals surface area contributed by atoms with Crippen molar-refractivity contribution in [1.82, 2.24) is 5.32 Å². The topological polar surface area (TPSA) is 64.6 Å². The minimum atomic E-state index is -2.88. The van der Waals surface area contributed by atoms with Gasteiger partial charge >= 0.3 is 0 Å². The average Bonchev–Trinajstić information content (AvgIpc) is 2.63. The highest BCUT2D eigenvalue weighted by atomic mass is 32.2. The predicted octanol–water partition coefficient (Wildman–Crippen LogP) is 1.51. The second-order valence-corrected chi connectivity index (χ2v) is 8.27. The van der Waals surface area contributed by atoms with Gasteiger partial charge in [-0.1, -0.05) is 6.07 Å². The van der Waals surface area contributed by atoms with Crippen LogP contribution in [-0.4, -0.2) is 38.7 Å². The molecular formula is C15H21NO4S. The van der Waals surface area contributed by atoms with Crippen LogP contribution in [0.3, 0.4) is 0 Å². The van der Waals surface area contributed by atoms with E-state index >= 15 is 0 Å². The van der Waals surface area contributed by atoms with Crippen LogP contribution >= 0.6 is 0 Å². The molecule has 1 saturated heterocycles. The first-order valence-electron chi connectivity index (χ1n) is 7.30. The Morgan fingerprint density at radius 1 is 1.24 bits per heavy atom. The fourth-order valence-electron chi connectivity index (χ4n) is 2.78. The molecule has 0 amide bonds. The standard InChI is InChI=1S/C15H21NO4S/c1-15(5-8-21(17,18)11-15)16-10-12-3-4-13-14(9-12)20-7-2-6-19-13/h3-4,9,16H,2,5-8,10-11H2,1H3. The van der Waals surface area contributed by atoms with Gasteiger partial charge in [-0.2, -0.15) is 0 Å². The molecule has 0 bridgehead atoms. The van der Waals surface area contributed by atoms with E-state index in [1.54, 1.807) is 0 Å². The number of benzene rings is 1. The molecule has 0 saturated carbocycles. The summed E-state index contributed by atoms with van der Waals surface area (Å²) in [5.74, 6) is 2.05. The van der Waals surface area contributed by atoms with Crippen molar-refractivity contribution >= 4 is 9.84 Å². The molecule has 0 spiro atoms. The molecule has 1 fully saturated rings. The second-order valence-electron chi connectivity index (χ2n) is 6.09. The van der Waals surface area contributed by atoms with Gasteiger partial charge in [0.2, 0.25) is 0 Å². The van der Waals surface area contributed by atoms with Gasteiger partial charge in [0.15, 0.2) is 21.3 Å². The maximum Gasteiger partial charge on any atom is 0.161 e. The summed E-state index contributed by atoms with van der Waals surface area (Å²) in [5, 5.41) is 3.38. The highest BCUT2D eigenvalue weighted by Gasteiger charge is 2.37. The average molecular weight is 311 g/mol. The van der Waals surface area contributed by atoms with Crippen LogP contribution in [0.15, 0.2) is 18.2 Å². The number of fused-ring (bicyclic) bond motifs is 1. The normalized spacial score (nSPS) is 27.3. The Hall–Kier alpha value is -1.27. The maximum atomic E-state index is 11.6. The first-order chi connectivity index (χ1) is 9.96. The highest BCUT2D eigenvalue weighted by Crippen LogP contribution is 2.31. The number of hydrogen-bond donors (Lipinski definition) is 1. The van der Waals surface area contributed by atoms with Crippen molar-refractivity contribution in [3.8, 4) is 11.5 Å². The minimum Gasteiger partial charge on any atom is -0.490 e. The molecule has 3 rings (SSSR count). The first-order valence-corrected chi connectivity index (χ1v) is 9.12. The maximum absolute atomic E-state index is 11.6. The highest BCUT2D eigenvalue weighted by molar-refractivity contribution is 7.91. The van der Waals surface area contributed by atoms with Gasteiger partial charge in [0.1, 0.15) is 0 Å². The predicted molar refractivity (Wildman–Crippen MR) is 80.6 cm³/mol. The van der Waals surface area contributed by atoms with Crippen molar-refractivity contribution in [2.24, 2.45) is 0 Å². The van der Waals surface area contributed by atoms with E-state index in [1.165, 1.54) is 0 Å². The Bertz CT molecular complexity index is 629. The summed E-state index contributed by atoms with van der Waals surface area (Å²) in [7, 11) is -2.88. The Morgan fingerprint density at radius 2 is 2.00 bits per heavy atom. The van der Waals surface area contributed by atoms with E-state index in [0.717, 1.165) is 23.5 Å². The lowest BCUT2D eigenvalue weighted by atomic mass is 10.0. The van der Waals surface area contributed by atoms with E-state index in [0.29, 0.717) is 26.2 Å². The van der Waals surface area contributed by atoms with Crippen LogP contribution in [0.4, 0.5) is 0 Å². The van der Waals surface area contributed by atoms with Crippen LogP contribution in [0.25, 0.3) is 0 Å². The molecule has 1 N–H and O–H groups in total. The number of hydrogen-bond acceptors (Lipinski definition) is 5. The third-order valence-electron chi connectivity index (χ3n) is 4.03. The lowest BCUT2D eigenvalue weighted by Gasteiger charge is -2.24. The lowest BCUT2D eigenvalue weighted by molar-refractivity contribution is 0.297. The Morgan fingerprint density at radius 3 is 2.71 bits per heavy atom. The molecule has 0 aliphatic carbocycles. The van der Waals surface area contributed by atoms with E-state index in [2.05, 4.69) is 5.32 Å². The van der Waals surface area contributed by atoms with Crippen molar-refractivity contribution in [2.75, 3.05) is 24.7 Å². The summed E-state index contributed by atoms with van der Waals surface area (Å²) in [6.45, 7) is 3.95. The zero-order valence-corrected chi connectivity index (χ0v) is 13.0. The molecule has 1 unspecified atom stereocenters. The smallest absolute Gasteiger partial charge is 0.161 e. The minimum absolute atomic E-state index is 0.213. The third-order valence-corrected chi connectivity index (χ3v) is 5.94. The molecular weight excluding hydrogens is 290 g/mol. The first kappa shape index (κ1) is 14.7. The van der Waals surface area contributed by atoms with E-state index in [-0.39, 0.29) is 17.0 Å². The van der Waals surface area contributed by atoms with Gasteiger partial charge in [-0.05, 0) is 31.0 Å². The van der Waals surface area contributed by atoms with Crippen molar-refractivity contribution in [2.45, 2.75) is 31.8 Å². The number of rotatable bonds is 3. The molecule has 2 heterocycles. The lowest BCUT2D eigenvalue weighted by Crippen LogP contribution is -2.42. The van der Waals surface area contributed by atoms with Crippen LogP contribution < -0.4 is 14.8 Å². The molecule has 0 radical (unpaired) electrons. The largest absolute Gasteiger partial charge is 0.490 e. The van der Waals surface area contributed by atoms with Crippen molar-refractivity contribution in [3.63, 3.8) is 0 Å². The summed E-state index contributed by atoms with van der Waals surface area (Å²) >= 11 is 0. The molecule has 5 nitrogen and oxygen atoms in total. The van der Waals surface area contributed by atoms with Gasteiger partial charge in [0.05, 0.1) is 24.7 Å². The molecule has 1 atom stereocenters. The van der Waals surface area contributed by atoms with Crippen molar-refractivity contribution in [1.29, 1.82) is 0 Å². The molecule has 1 aromatic rings. The van der Waals surface area contributed by atoms with Gasteiger partial charge in [-0.3, -0.25) is 0 Å². The van der Waals surface area contributed by atoms with Crippen LogP contribution in [0.2, 0.25) is 0 Å². The number of nitrogens with one attached hydrogen (secondary N) is 1. The van der Waals surface area contributed by atoms with Crippen molar-refractivity contribution in [3.05, 3.63) is 23.8 Å². The number of ether oxygens (including phenoxy) is 2. The molecule has 0 aromatic heterocycles. The van der Waals surface area contributed by atoms with E-state index < -0.39 is 9.84 Å². The molecule has 6 heteroatoms. The van der Waals surface area contributed by atoms with E-state index in [1.807, 2.05) is 25.1 Å². The number of sulfone groups is 1. The van der Waals surface area contributed by atoms with Gasteiger partial charge in [0.25, 0.3) is 0 Å². The zero-order valence-electron chi connectivity index (χ0n) is 12.2. The van der Waals surface area contributed by atoms with Crippen LogP contribution in [0.5, 0.6) is 11.5 Å². The fraction of sp³-hybridized carbons (Fsp3) is 0.600. The Balaban J connectivity index is 1.67. The van der Waals surface area contributed by atoms with E-state index in [4.69, 9.17) is 9.47 Å². The summed E-state index contributed by atoms with van der Waals surface area (Å²) in [6.07, 6.45) is 1.55. The summed E-state index contributed by atoms with van der Waals surface area (Å²) in [6, 6.07) is 5.89. The summed E-state index contributed by atoms with van der Waals surface area (Å²) in [5.41, 5.74) is 0.743. The Labute approximate surface area is 125 Å². The molecule has 2 aliphatic heterocycles. The van der Waals surface area contributed by atoms with Gasteiger partial charge in [-0.15, -0.1) is 0 Å².